The molecule has 1 aliphatic heterocycles. The molecule has 0 aromatic carbocycles. The Morgan fingerprint density at radius 1 is 1.62 bits per heavy atom. The average Bonchev–Trinajstić information content (AvgIpc) is 2.19. The molecule has 0 aromatic rings. The number of rotatable bonds is 0. The fraction of sp³-hybridized carbons (Fsp3) is 0.667. The molecular formula is C6H8N2. The van der Waals surface area contributed by atoms with Gasteiger partial charge in [-0.15, -0.1) is 5.92 Å². The Morgan fingerprint density at radius 3 is 3.00 bits per heavy atom. The Balaban J connectivity index is 2.44. The molecule has 0 bridgehead atoms. The Morgan fingerprint density at radius 2 is 2.50 bits per heavy atom. The van der Waals surface area contributed by atoms with E-state index in [1.54, 1.807) is 0 Å². The van der Waals surface area contributed by atoms with Gasteiger partial charge in [-0.3, -0.25) is 0 Å². The summed E-state index contributed by atoms with van der Waals surface area (Å²) in [7, 11) is 0. The fourth-order valence-corrected chi connectivity index (χ4v) is 0.662. The van der Waals surface area contributed by atoms with Crippen LogP contribution in [0.3, 0.4) is 0 Å². The second-order valence-corrected chi connectivity index (χ2v) is 1.68. The van der Waals surface area contributed by atoms with E-state index in [0.717, 1.165) is 13.0 Å². The molecule has 0 aliphatic carbocycles. The van der Waals surface area contributed by atoms with E-state index in [4.69, 9.17) is 0 Å². The van der Waals surface area contributed by atoms with Crippen LogP contribution in [0.4, 0.5) is 0 Å². The molecule has 2 nitrogen and oxygen atoms in total. The van der Waals surface area contributed by atoms with E-state index in [1.165, 1.54) is 0 Å². The summed E-state index contributed by atoms with van der Waals surface area (Å²) in [6, 6.07) is 0.208. The van der Waals surface area contributed by atoms with Gasteiger partial charge in [0.15, 0.2) is 0 Å². The Kier molecular flexibility index (Phi) is 1.63. The second-order valence-electron chi connectivity index (χ2n) is 1.68. The van der Waals surface area contributed by atoms with E-state index in [1.807, 2.05) is 6.92 Å². The predicted molar refractivity (Wildman–Crippen MR) is 31.6 cm³/mol. The van der Waals surface area contributed by atoms with E-state index in [2.05, 4.69) is 22.1 Å². The van der Waals surface area contributed by atoms with Crippen LogP contribution in [0.5, 0.6) is 0 Å². The molecule has 8 heavy (non-hydrogen) atoms. The monoisotopic (exact) mass is 108 g/mol. The Labute approximate surface area is 49.0 Å². The highest BCUT2D eigenvalue weighted by molar-refractivity contribution is 5.06. The van der Waals surface area contributed by atoms with Crippen LogP contribution >= 0.6 is 0 Å². The summed E-state index contributed by atoms with van der Waals surface area (Å²) < 4.78 is 0. The van der Waals surface area contributed by atoms with Crippen LogP contribution in [0.25, 0.3) is 0 Å². The van der Waals surface area contributed by atoms with Crippen LogP contribution < -0.4 is 0 Å². The van der Waals surface area contributed by atoms with Gasteiger partial charge in [0.05, 0.1) is 6.54 Å². The minimum absolute atomic E-state index is 0.208. The van der Waals surface area contributed by atoms with Gasteiger partial charge in [0, 0.05) is 6.42 Å². The molecule has 0 saturated carbocycles. The molecule has 0 radical (unpaired) electrons. The Bertz CT molecular complexity index is 150. The van der Waals surface area contributed by atoms with Gasteiger partial charge in [-0.05, 0) is 6.92 Å². The second kappa shape index (κ2) is 2.46. The van der Waals surface area contributed by atoms with Gasteiger partial charge in [-0.25, -0.2) is 0 Å². The van der Waals surface area contributed by atoms with Crippen LogP contribution in [0, 0.1) is 11.8 Å². The average molecular weight is 108 g/mol. The summed E-state index contributed by atoms with van der Waals surface area (Å²) in [5.74, 6) is 5.74. The van der Waals surface area contributed by atoms with Crippen molar-refractivity contribution >= 4 is 0 Å². The quantitative estimate of drug-likeness (QED) is 0.417. The van der Waals surface area contributed by atoms with Crippen molar-refractivity contribution in [2.24, 2.45) is 10.2 Å². The highest BCUT2D eigenvalue weighted by atomic mass is 15.1. The zero-order valence-corrected chi connectivity index (χ0v) is 4.89. The van der Waals surface area contributed by atoms with Crippen molar-refractivity contribution in [3.8, 4) is 11.8 Å². The predicted octanol–water partition coefficient (Wildman–Crippen LogP) is 1.23. The standard InChI is InChI=1S/C6H8N2/c1-2-3-6-4-5-7-8-6/h6H,4-5H2,1H3. The first kappa shape index (κ1) is 5.30. The summed E-state index contributed by atoms with van der Waals surface area (Å²) in [4.78, 5) is 0. The molecule has 42 valence electrons. The molecule has 0 aromatic heterocycles. The van der Waals surface area contributed by atoms with Gasteiger partial charge in [-0.1, -0.05) is 5.92 Å². The third kappa shape index (κ3) is 1.06. The highest BCUT2D eigenvalue weighted by Gasteiger charge is 2.06. The van der Waals surface area contributed by atoms with Gasteiger partial charge < -0.3 is 0 Å². The van der Waals surface area contributed by atoms with Crippen LogP contribution in [0.15, 0.2) is 10.2 Å². The van der Waals surface area contributed by atoms with Gasteiger partial charge in [0.25, 0.3) is 0 Å². The van der Waals surface area contributed by atoms with Crippen LogP contribution in [-0.2, 0) is 0 Å². The summed E-state index contributed by atoms with van der Waals surface area (Å²) in [5.41, 5.74) is 0. The Hall–Kier alpha value is -0.840. The van der Waals surface area contributed by atoms with E-state index >= 15 is 0 Å². The smallest absolute Gasteiger partial charge is 0.133 e. The van der Waals surface area contributed by atoms with Crippen molar-refractivity contribution < 1.29 is 0 Å². The number of azo groups is 1. The highest BCUT2D eigenvalue weighted by Crippen LogP contribution is 2.04. The minimum Gasteiger partial charge on any atom is -0.193 e. The normalized spacial score (nSPS) is 24.9. The summed E-state index contributed by atoms with van der Waals surface area (Å²) in [6.45, 7) is 2.69. The third-order valence-corrected chi connectivity index (χ3v) is 1.03. The topological polar surface area (TPSA) is 24.7 Å². The molecule has 1 atom stereocenters. The lowest BCUT2D eigenvalue weighted by molar-refractivity contribution is 0.857. The maximum atomic E-state index is 3.88. The number of hydrogen-bond acceptors (Lipinski definition) is 2. The molecule has 1 heterocycles. The van der Waals surface area contributed by atoms with Crippen molar-refractivity contribution in [2.45, 2.75) is 19.4 Å². The van der Waals surface area contributed by atoms with Gasteiger partial charge in [0.2, 0.25) is 0 Å². The largest absolute Gasteiger partial charge is 0.193 e. The van der Waals surface area contributed by atoms with Crippen molar-refractivity contribution in [2.75, 3.05) is 6.54 Å². The SMILES string of the molecule is CC#CC1CCN=N1. The molecule has 0 fully saturated rings. The first-order valence-corrected chi connectivity index (χ1v) is 2.72. The van der Waals surface area contributed by atoms with E-state index < -0.39 is 0 Å². The molecule has 1 rings (SSSR count). The zero-order chi connectivity index (χ0) is 5.82. The maximum absolute atomic E-state index is 3.88. The van der Waals surface area contributed by atoms with Crippen LogP contribution in [0.1, 0.15) is 13.3 Å². The van der Waals surface area contributed by atoms with Crippen molar-refractivity contribution in [3.05, 3.63) is 0 Å². The molecule has 2 heteroatoms. The van der Waals surface area contributed by atoms with Crippen LogP contribution in [0.2, 0.25) is 0 Å². The van der Waals surface area contributed by atoms with Crippen molar-refractivity contribution in [1.29, 1.82) is 0 Å². The number of nitrogens with zero attached hydrogens (tertiary/aromatic N) is 2. The van der Waals surface area contributed by atoms with E-state index in [9.17, 15) is 0 Å². The van der Waals surface area contributed by atoms with Gasteiger partial charge >= 0.3 is 0 Å². The molecule has 0 N–H and O–H groups in total. The molecular weight excluding hydrogens is 100 g/mol. The molecule has 0 amide bonds. The molecule has 0 saturated heterocycles. The van der Waals surface area contributed by atoms with Crippen molar-refractivity contribution in [1.82, 2.24) is 0 Å². The molecule has 1 aliphatic rings. The number of hydrogen-bond donors (Lipinski definition) is 0. The minimum atomic E-state index is 0.208. The fourth-order valence-electron chi connectivity index (χ4n) is 0.662. The van der Waals surface area contributed by atoms with E-state index in [0.29, 0.717) is 0 Å². The lowest BCUT2D eigenvalue weighted by Gasteiger charge is -1.86. The lowest BCUT2D eigenvalue weighted by atomic mass is 10.2. The summed E-state index contributed by atoms with van der Waals surface area (Å²) in [5, 5.41) is 7.68. The zero-order valence-electron chi connectivity index (χ0n) is 4.89. The van der Waals surface area contributed by atoms with Crippen molar-refractivity contribution in [3.63, 3.8) is 0 Å². The maximum Gasteiger partial charge on any atom is 0.133 e. The molecule has 1 unspecified atom stereocenters. The lowest BCUT2D eigenvalue weighted by Crippen LogP contribution is -1.93. The van der Waals surface area contributed by atoms with Gasteiger partial charge in [0.1, 0.15) is 6.04 Å². The van der Waals surface area contributed by atoms with Gasteiger partial charge in [-0.2, -0.15) is 10.2 Å². The van der Waals surface area contributed by atoms with Crippen LogP contribution in [-0.4, -0.2) is 12.6 Å². The third-order valence-electron chi connectivity index (χ3n) is 1.03. The first-order chi connectivity index (χ1) is 3.93. The van der Waals surface area contributed by atoms with E-state index in [-0.39, 0.29) is 6.04 Å². The molecule has 0 spiro atoms. The first-order valence-electron chi connectivity index (χ1n) is 2.72. The summed E-state index contributed by atoms with van der Waals surface area (Å²) in [6.07, 6.45) is 1.01. The summed E-state index contributed by atoms with van der Waals surface area (Å²) >= 11 is 0.